The van der Waals surface area contributed by atoms with Crippen molar-refractivity contribution in [2.45, 2.75) is 0 Å². The topological polar surface area (TPSA) is 30.2 Å². The minimum absolute atomic E-state index is 0.400. The van der Waals surface area contributed by atoms with Gasteiger partial charge in [0.2, 0.25) is 0 Å². The Bertz CT molecular complexity index is 2100. The Morgan fingerprint density at radius 1 is 0.528 bits per heavy atom. The van der Waals surface area contributed by atoms with Crippen LogP contribution in [0.5, 0.6) is 0 Å². The second-order valence-electron chi connectivity index (χ2n) is 9.11. The van der Waals surface area contributed by atoms with E-state index in [-0.39, 0.29) is 0 Å². The van der Waals surface area contributed by atoms with E-state index in [4.69, 9.17) is 9.97 Å². The first-order valence-electron chi connectivity index (χ1n) is 12.0. The van der Waals surface area contributed by atoms with Gasteiger partial charge in [0.15, 0.2) is 0 Å². The van der Waals surface area contributed by atoms with Gasteiger partial charge in [-0.25, -0.2) is 4.98 Å². The Labute approximate surface area is 213 Å². The fraction of sp³-hybridized carbons (Fsp3) is 0. The third-order valence-electron chi connectivity index (χ3n) is 7.03. The average Bonchev–Trinajstić information content (AvgIpc) is 3.51. The van der Waals surface area contributed by atoms with Gasteiger partial charge in [0.25, 0.3) is 0 Å². The summed E-state index contributed by atoms with van der Waals surface area (Å²) in [5.74, 6) is 0. The molecule has 8 aromatic rings. The molecule has 0 saturated carbocycles. The van der Waals surface area contributed by atoms with E-state index in [1.807, 2.05) is 24.4 Å². The van der Waals surface area contributed by atoms with Crippen molar-refractivity contribution in [1.29, 1.82) is 0 Å². The summed E-state index contributed by atoms with van der Waals surface area (Å²) in [6, 6.07) is 39.1. The summed E-state index contributed by atoms with van der Waals surface area (Å²) in [5.41, 5.74) is 7.32. The third-order valence-corrected chi connectivity index (χ3v) is 9.44. The predicted molar refractivity (Wildman–Crippen MR) is 151 cm³/mol. The van der Waals surface area contributed by atoms with Crippen LogP contribution in [-0.4, -0.2) is 28.9 Å². The van der Waals surface area contributed by atoms with E-state index in [1.165, 1.54) is 30.4 Å². The zero-order chi connectivity index (χ0) is 23.6. The van der Waals surface area contributed by atoms with Crippen molar-refractivity contribution in [3.63, 3.8) is 0 Å². The molecule has 0 aliphatic carbocycles. The molecule has 0 radical (unpaired) electrons. The van der Waals surface area contributed by atoms with Crippen molar-refractivity contribution in [1.82, 2.24) is 14.4 Å². The van der Waals surface area contributed by atoms with E-state index in [0.717, 1.165) is 38.8 Å². The first-order valence-corrected chi connectivity index (χ1v) is 13.7. The van der Waals surface area contributed by atoms with E-state index in [9.17, 15) is 0 Å². The fourth-order valence-corrected chi connectivity index (χ4v) is 7.56. The maximum atomic E-state index is 5.14. The van der Waals surface area contributed by atoms with Gasteiger partial charge < -0.3 is 0 Å². The molecule has 0 unspecified atom stereocenters. The van der Waals surface area contributed by atoms with Gasteiger partial charge in [-0.15, -0.1) is 0 Å². The molecule has 4 aromatic carbocycles. The van der Waals surface area contributed by atoms with Crippen LogP contribution in [0.3, 0.4) is 0 Å². The van der Waals surface area contributed by atoms with Crippen LogP contribution in [0.1, 0.15) is 0 Å². The van der Waals surface area contributed by atoms with Gasteiger partial charge in [0.1, 0.15) is 5.65 Å². The number of aromatic nitrogens is 3. The molecule has 4 heteroatoms. The Kier molecular flexibility index (Phi) is 4.24. The molecule has 8 rings (SSSR count). The summed E-state index contributed by atoms with van der Waals surface area (Å²) in [6.45, 7) is 0. The molecule has 4 heterocycles. The van der Waals surface area contributed by atoms with E-state index in [1.54, 1.807) is 0 Å². The monoisotopic (exact) mass is 525 g/mol. The van der Waals surface area contributed by atoms with Crippen LogP contribution >= 0.6 is 0 Å². The van der Waals surface area contributed by atoms with Gasteiger partial charge in [0.05, 0.1) is 0 Å². The molecule has 168 valence electrons. The summed E-state index contributed by atoms with van der Waals surface area (Å²) >= 11 is 0.400. The van der Waals surface area contributed by atoms with Gasteiger partial charge in [-0.3, -0.25) is 0 Å². The fourth-order valence-electron chi connectivity index (χ4n) is 5.28. The second kappa shape index (κ2) is 7.63. The number of imidazole rings is 1. The summed E-state index contributed by atoms with van der Waals surface area (Å²) in [4.78, 5) is 10.0. The molecular weight excluding hydrogens is 505 g/mol. The van der Waals surface area contributed by atoms with Crippen molar-refractivity contribution in [2.24, 2.45) is 0 Å². The number of benzene rings is 4. The first kappa shape index (κ1) is 20.0. The van der Waals surface area contributed by atoms with Crippen molar-refractivity contribution >= 4 is 61.4 Å². The maximum absolute atomic E-state index is 5.14. The average molecular weight is 524 g/mol. The Morgan fingerprint density at radius 3 is 2.11 bits per heavy atom. The summed E-state index contributed by atoms with van der Waals surface area (Å²) in [7, 11) is 0. The van der Waals surface area contributed by atoms with Crippen LogP contribution in [-0.2, 0) is 0 Å². The molecule has 0 aliphatic rings. The molecule has 0 atom stereocenters. The number of pyridine rings is 2. The Balaban J connectivity index is 1.29. The van der Waals surface area contributed by atoms with E-state index >= 15 is 0 Å². The minimum atomic E-state index is 0.400. The number of fused-ring (bicyclic) bond motifs is 8. The van der Waals surface area contributed by atoms with Crippen molar-refractivity contribution in [3.8, 4) is 22.4 Å². The van der Waals surface area contributed by atoms with Gasteiger partial charge in [-0.05, 0) is 12.1 Å². The van der Waals surface area contributed by atoms with Gasteiger partial charge in [-0.1, -0.05) is 12.1 Å². The second-order valence-corrected chi connectivity index (χ2v) is 11.4. The van der Waals surface area contributed by atoms with Crippen LogP contribution in [0.2, 0.25) is 0 Å². The summed E-state index contributed by atoms with van der Waals surface area (Å²) in [5, 5.41) is 5.03. The van der Waals surface area contributed by atoms with Crippen LogP contribution in [0, 0.1) is 0 Å². The van der Waals surface area contributed by atoms with Crippen molar-refractivity contribution < 1.29 is 0 Å². The van der Waals surface area contributed by atoms with E-state index < -0.39 is 0 Å². The molecule has 0 saturated heterocycles. The van der Waals surface area contributed by atoms with E-state index in [0.29, 0.717) is 14.5 Å². The summed E-state index contributed by atoms with van der Waals surface area (Å²) < 4.78 is 5.03. The molecule has 36 heavy (non-hydrogen) atoms. The number of rotatable bonds is 2. The van der Waals surface area contributed by atoms with E-state index in [2.05, 4.69) is 95.4 Å². The molecule has 0 fully saturated rings. The number of nitrogens with zero attached hydrogens (tertiary/aromatic N) is 3. The number of hydrogen-bond acceptors (Lipinski definition) is 2. The SMILES string of the molecule is c1ccc2c(c1)[se]c1ccc(-c3ccc(-c4nc5c(nc6ccccn65)c5ccccc45)cc3)cc12. The van der Waals surface area contributed by atoms with Crippen LogP contribution in [0.25, 0.3) is 69.3 Å². The molecule has 0 bridgehead atoms. The molecule has 0 spiro atoms. The molecule has 0 aliphatic heterocycles. The van der Waals surface area contributed by atoms with Crippen LogP contribution in [0.15, 0.2) is 115 Å². The van der Waals surface area contributed by atoms with Crippen LogP contribution < -0.4 is 0 Å². The first-order chi connectivity index (χ1) is 17.8. The Morgan fingerprint density at radius 2 is 1.22 bits per heavy atom. The normalized spacial score (nSPS) is 11.9. The molecule has 4 aromatic heterocycles. The zero-order valence-corrected chi connectivity index (χ0v) is 20.9. The van der Waals surface area contributed by atoms with Gasteiger partial charge in [0, 0.05) is 6.20 Å². The third kappa shape index (κ3) is 2.92. The Hall–Kier alpha value is -4.24. The molecule has 3 nitrogen and oxygen atoms in total. The predicted octanol–water partition coefficient (Wildman–Crippen LogP) is 7.73. The van der Waals surface area contributed by atoms with Gasteiger partial charge in [-0.2, -0.15) is 0 Å². The molecule has 0 N–H and O–H groups in total. The van der Waals surface area contributed by atoms with Gasteiger partial charge >= 0.3 is 172 Å². The molecule has 0 amide bonds. The zero-order valence-electron chi connectivity index (χ0n) is 19.2. The standard InChI is InChI=1S/C32H19N3Se/c1-2-9-25-24(8-1)30(34-32-31(25)33-29-11-5-6-18-35(29)32)21-14-12-20(13-15-21)22-16-17-28-26(19-22)23-7-3-4-10-27(23)36-28/h1-19H. The van der Waals surface area contributed by atoms with Crippen molar-refractivity contribution in [2.75, 3.05) is 0 Å². The number of hydrogen-bond donors (Lipinski definition) is 0. The van der Waals surface area contributed by atoms with Crippen LogP contribution in [0.4, 0.5) is 0 Å². The quantitative estimate of drug-likeness (QED) is 0.217. The van der Waals surface area contributed by atoms with Crippen molar-refractivity contribution in [3.05, 3.63) is 115 Å². The molecular formula is C32H19N3Se. The summed E-state index contributed by atoms with van der Waals surface area (Å²) in [6.07, 6.45) is 2.03.